The fourth-order valence-electron chi connectivity index (χ4n) is 1.57. The molecule has 2 rings (SSSR count). The Bertz CT molecular complexity index is 435. The topological polar surface area (TPSA) is 42.7 Å². The van der Waals surface area contributed by atoms with Crippen molar-refractivity contribution in [3.05, 3.63) is 48.0 Å². The number of hydrogen-bond donors (Lipinski definition) is 1. The first-order valence-corrected chi connectivity index (χ1v) is 5.38. The van der Waals surface area contributed by atoms with Crippen LogP contribution in [0.3, 0.4) is 0 Å². The summed E-state index contributed by atoms with van der Waals surface area (Å²) in [4.78, 5) is 0. The standard InChI is InChI=1S/C12H16N4/c1-10(11-6-4-3-5-7-11)13-8-12-15-14-9-16(12)2/h3-7,9-10,13H,8H2,1-2H3/t10-/m0/s1. The Hall–Kier alpha value is -1.68. The van der Waals surface area contributed by atoms with Crippen molar-refractivity contribution in [2.24, 2.45) is 7.05 Å². The van der Waals surface area contributed by atoms with E-state index in [0.717, 1.165) is 12.4 Å². The summed E-state index contributed by atoms with van der Waals surface area (Å²) >= 11 is 0. The van der Waals surface area contributed by atoms with E-state index in [4.69, 9.17) is 0 Å². The third-order valence-electron chi connectivity index (χ3n) is 2.67. The Balaban J connectivity index is 1.94. The highest BCUT2D eigenvalue weighted by Gasteiger charge is 2.06. The van der Waals surface area contributed by atoms with Crippen molar-refractivity contribution in [2.75, 3.05) is 0 Å². The predicted molar refractivity (Wildman–Crippen MR) is 62.7 cm³/mol. The molecule has 0 saturated carbocycles. The number of hydrogen-bond acceptors (Lipinski definition) is 3. The second-order valence-corrected chi connectivity index (χ2v) is 3.87. The summed E-state index contributed by atoms with van der Waals surface area (Å²) in [6.45, 7) is 2.87. The lowest BCUT2D eigenvalue weighted by Crippen LogP contribution is -2.20. The molecule has 0 amide bonds. The lowest BCUT2D eigenvalue weighted by atomic mass is 10.1. The van der Waals surface area contributed by atoms with Crippen LogP contribution in [0.5, 0.6) is 0 Å². The SMILES string of the molecule is C[C@H](NCc1nncn1C)c1ccccc1. The third-order valence-corrected chi connectivity index (χ3v) is 2.67. The van der Waals surface area contributed by atoms with Crippen LogP contribution in [-0.2, 0) is 13.6 Å². The van der Waals surface area contributed by atoms with Crippen LogP contribution in [0.4, 0.5) is 0 Å². The van der Waals surface area contributed by atoms with Crippen molar-refractivity contribution in [3.8, 4) is 0 Å². The van der Waals surface area contributed by atoms with Gasteiger partial charge in [-0.3, -0.25) is 0 Å². The molecule has 1 aromatic carbocycles. The average Bonchev–Trinajstić information content (AvgIpc) is 2.73. The summed E-state index contributed by atoms with van der Waals surface area (Å²) < 4.78 is 1.92. The molecule has 0 bridgehead atoms. The zero-order valence-corrected chi connectivity index (χ0v) is 9.59. The fraction of sp³-hybridized carbons (Fsp3) is 0.333. The van der Waals surface area contributed by atoms with Crippen LogP contribution in [0, 0.1) is 0 Å². The highest BCUT2D eigenvalue weighted by molar-refractivity contribution is 5.18. The predicted octanol–water partition coefficient (Wildman–Crippen LogP) is 1.67. The van der Waals surface area contributed by atoms with Crippen molar-refractivity contribution >= 4 is 0 Å². The Morgan fingerprint density at radius 2 is 2.06 bits per heavy atom. The summed E-state index contributed by atoms with van der Waals surface area (Å²) in [5, 5.41) is 11.3. The van der Waals surface area contributed by atoms with Gasteiger partial charge < -0.3 is 9.88 Å². The van der Waals surface area contributed by atoms with Gasteiger partial charge in [-0.2, -0.15) is 0 Å². The van der Waals surface area contributed by atoms with Gasteiger partial charge >= 0.3 is 0 Å². The lowest BCUT2D eigenvalue weighted by molar-refractivity contribution is 0.548. The van der Waals surface area contributed by atoms with Crippen molar-refractivity contribution in [1.82, 2.24) is 20.1 Å². The summed E-state index contributed by atoms with van der Waals surface area (Å²) in [6, 6.07) is 10.7. The summed E-state index contributed by atoms with van der Waals surface area (Å²) in [7, 11) is 1.95. The molecule has 0 radical (unpaired) electrons. The molecule has 4 heteroatoms. The first-order valence-electron chi connectivity index (χ1n) is 5.38. The van der Waals surface area contributed by atoms with E-state index in [9.17, 15) is 0 Å². The normalized spacial score (nSPS) is 12.6. The second-order valence-electron chi connectivity index (χ2n) is 3.87. The number of rotatable bonds is 4. The van der Waals surface area contributed by atoms with E-state index in [1.54, 1.807) is 6.33 Å². The van der Waals surface area contributed by atoms with Crippen molar-refractivity contribution < 1.29 is 0 Å². The molecular formula is C12H16N4. The van der Waals surface area contributed by atoms with Crippen molar-refractivity contribution in [2.45, 2.75) is 19.5 Å². The van der Waals surface area contributed by atoms with Crippen LogP contribution in [0.2, 0.25) is 0 Å². The lowest BCUT2D eigenvalue weighted by Gasteiger charge is -2.13. The van der Waals surface area contributed by atoms with Crippen LogP contribution in [0.1, 0.15) is 24.4 Å². The molecule has 1 aromatic heterocycles. The zero-order chi connectivity index (χ0) is 11.4. The minimum Gasteiger partial charge on any atom is -0.320 e. The molecule has 0 spiro atoms. The molecule has 16 heavy (non-hydrogen) atoms. The first-order chi connectivity index (χ1) is 7.77. The number of nitrogens with one attached hydrogen (secondary N) is 1. The molecule has 0 fully saturated rings. The molecule has 0 aliphatic heterocycles. The molecule has 1 N–H and O–H groups in total. The largest absolute Gasteiger partial charge is 0.320 e. The molecule has 0 aliphatic carbocycles. The van der Waals surface area contributed by atoms with Crippen LogP contribution in [-0.4, -0.2) is 14.8 Å². The van der Waals surface area contributed by atoms with Crippen LogP contribution in [0.15, 0.2) is 36.7 Å². The minimum absolute atomic E-state index is 0.318. The zero-order valence-electron chi connectivity index (χ0n) is 9.59. The number of nitrogens with zero attached hydrogens (tertiary/aromatic N) is 3. The van der Waals surface area contributed by atoms with Crippen molar-refractivity contribution in [3.63, 3.8) is 0 Å². The Kier molecular flexibility index (Phi) is 3.31. The van der Waals surface area contributed by atoms with E-state index in [1.165, 1.54) is 5.56 Å². The van der Waals surface area contributed by atoms with E-state index in [1.807, 2.05) is 17.7 Å². The molecule has 1 atom stereocenters. The number of benzene rings is 1. The highest BCUT2D eigenvalue weighted by Crippen LogP contribution is 2.11. The van der Waals surface area contributed by atoms with Gasteiger partial charge in [-0.05, 0) is 12.5 Å². The van der Waals surface area contributed by atoms with E-state index >= 15 is 0 Å². The van der Waals surface area contributed by atoms with Gasteiger partial charge in [0, 0.05) is 13.1 Å². The first kappa shape index (κ1) is 10.8. The maximum absolute atomic E-state index is 4.03. The second kappa shape index (κ2) is 4.90. The molecule has 2 aromatic rings. The molecular weight excluding hydrogens is 200 g/mol. The van der Waals surface area contributed by atoms with E-state index in [2.05, 4.69) is 46.7 Å². The van der Waals surface area contributed by atoms with Gasteiger partial charge in [0.25, 0.3) is 0 Å². The summed E-state index contributed by atoms with van der Waals surface area (Å²) in [6.07, 6.45) is 1.71. The van der Waals surface area contributed by atoms with Crippen LogP contribution < -0.4 is 5.32 Å². The third kappa shape index (κ3) is 2.46. The maximum atomic E-state index is 4.03. The van der Waals surface area contributed by atoms with Crippen LogP contribution >= 0.6 is 0 Å². The number of aromatic nitrogens is 3. The monoisotopic (exact) mass is 216 g/mol. The smallest absolute Gasteiger partial charge is 0.146 e. The molecule has 1 heterocycles. The van der Waals surface area contributed by atoms with E-state index in [-0.39, 0.29) is 0 Å². The fourth-order valence-corrected chi connectivity index (χ4v) is 1.57. The van der Waals surface area contributed by atoms with Gasteiger partial charge in [0.15, 0.2) is 0 Å². The van der Waals surface area contributed by atoms with Gasteiger partial charge in [-0.25, -0.2) is 0 Å². The van der Waals surface area contributed by atoms with Gasteiger partial charge in [0.05, 0.1) is 6.54 Å². The molecule has 0 saturated heterocycles. The van der Waals surface area contributed by atoms with E-state index in [0.29, 0.717) is 6.04 Å². The Morgan fingerprint density at radius 3 is 2.69 bits per heavy atom. The van der Waals surface area contributed by atoms with Gasteiger partial charge in [0.2, 0.25) is 0 Å². The minimum atomic E-state index is 0.318. The Morgan fingerprint density at radius 1 is 1.31 bits per heavy atom. The molecule has 4 nitrogen and oxygen atoms in total. The van der Waals surface area contributed by atoms with E-state index < -0.39 is 0 Å². The Labute approximate surface area is 95.3 Å². The van der Waals surface area contributed by atoms with Crippen LogP contribution in [0.25, 0.3) is 0 Å². The number of aryl methyl sites for hydroxylation is 1. The molecule has 0 unspecified atom stereocenters. The maximum Gasteiger partial charge on any atom is 0.146 e. The molecule has 84 valence electrons. The van der Waals surface area contributed by atoms with Gasteiger partial charge in [0.1, 0.15) is 12.2 Å². The summed E-state index contributed by atoms with van der Waals surface area (Å²) in [5.41, 5.74) is 1.28. The van der Waals surface area contributed by atoms with Gasteiger partial charge in [-0.1, -0.05) is 30.3 Å². The summed E-state index contributed by atoms with van der Waals surface area (Å²) in [5.74, 6) is 0.947. The average molecular weight is 216 g/mol. The highest BCUT2D eigenvalue weighted by atomic mass is 15.3. The molecule has 0 aliphatic rings. The quantitative estimate of drug-likeness (QED) is 0.845. The van der Waals surface area contributed by atoms with Crippen molar-refractivity contribution in [1.29, 1.82) is 0 Å². The van der Waals surface area contributed by atoms with Gasteiger partial charge in [-0.15, -0.1) is 10.2 Å².